The maximum absolute atomic E-state index is 12.3. The van der Waals surface area contributed by atoms with E-state index in [1.54, 1.807) is 6.07 Å². The smallest absolute Gasteiger partial charge is 0.380 e. The molecule has 0 spiro atoms. The number of carboxylic acid groups (broad SMARTS) is 1. The van der Waals surface area contributed by atoms with E-state index in [0.717, 1.165) is 0 Å². The van der Waals surface area contributed by atoms with Gasteiger partial charge in [0.25, 0.3) is 0 Å². The van der Waals surface area contributed by atoms with Crippen LogP contribution in [-0.4, -0.2) is 37.5 Å². The largest absolute Gasteiger partial charge is 0.476 e. The quantitative estimate of drug-likeness (QED) is 0.626. The van der Waals surface area contributed by atoms with Gasteiger partial charge in [-0.25, -0.2) is 4.79 Å². The number of aromatic nitrogens is 4. The molecular weight excluding hydrogens is 334 g/mol. The molecule has 0 amide bonds. The number of nitrogens with one attached hydrogen (secondary N) is 2. The number of rotatable bonds is 4. The molecule has 4 rings (SSSR count). The number of aliphatic carboxylic acids is 1. The molecule has 0 saturated heterocycles. The minimum atomic E-state index is -2.13. The number of anilines is 1. The summed E-state index contributed by atoms with van der Waals surface area (Å²) in [5.74, 6) is -3.43. The molecule has 1 aliphatic heterocycles. The Hall–Kier alpha value is -4.03. The summed E-state index contributed by atoms with van der Waals surface area (Å²) < 4.78 is 5.67. The first-order chi connectivity index (χ1) is 12.1. The number of carboxylic acids is 1. The zero-order valence-electron chi connectivity index (χ0n) is 12.1. The van der Waals surface area contributed by atoms with E-state index in [0.29, 0.717) is 0 Å². The van der Waals surface area contributed by atoms with Gasteiger partial charge in [0.1, 0.15) is 0 Å². The normalized spacial score (nSPS) is 14.9. The SMILES string of the molecule is O=C(O)C1(Nc2cccc3c(=O)cc(-c4nn[nH]n4)oc23)N=NN=N1. The molecule has 1 aromatic carbocycles. The van der Waals surface area contributed by atoms with Gasteiger partial charge in [-0.15, -0.1) is 10.2 Å². The molecule has 3 N–H and O–H groups in total. The summed E-state index contributed by atoms with van der Waals surface area (Å²) in [5, 5.41) is 38.7. The van der Waals surface area contributed by atoms with Gasteiger partial charge in [-0.1, -0.05) is 16.3 Å². The van der Waals surface area contributed by atoms with Crippen LogP contribution in [0.15, 0.2) is 54.2 Å². The summed E-state index contributed by atoms with van der Waals surface area (Å²) >= 11 is 0. The lowest BCUT2D eigenvalue weighted by Gasteiger charge is -2.18. The molecule has 0 atom stereocenters. The van der Waals surface area contributed by atoms with E-state index in [4.69, 9.17) is 4.42 Å². The number of benzene rings is 1. The predicted molar refractivity (Wildman–Crippen MR) is 79.4 cm³/mol. The molecule has 0 unspecified atom stereocenters. The van der Waals surface area contributed by atoms with E-state index in [2.05, 4.69) is 46.6 Å². The van der Waals surface area contributed by atoms with Gasteiger partial charge in [0.05, 0.1) is 11.1 Å². The first kappa shape index (κ1) is 14.6. The Morgan fingerprint density at radius 2 is 2.08 bits per heavy atom. The monoisotopic (exact) mass is 341 g/mol. The second-order valence-electron chi connectivity index (χ2n) is 4.87. The number of fused-ring (bicyclic) bond motifs is 1. The van der Waals surface area contributed by atoms with Crippen LogP contribution in [0.2, 0.25) is 0 Å². The Kier molecular flexibility index (Phi) is 3.06. The fraction of sp³-hybridized carbons (Fsp3) is 0.0833. The Balaban J connectivity index is 1.90. The first-order valence-electron chi connectivity index (χ1n) is 6.75. The zero-order valence-corrected chi connectivity index (χ0v) is 12.1. The molecule has 1 aliphatic rings. The Morgan fingerprint density at radius 3 is 2.76 bits per heavy atom. The topological polar surface area (TPSA) is 183 Å². The molecule has 0 saturated carbocycles. The van der Waals surface area contributed by atoms with E-state index in [-0.39, 0.29) is 33.7 Å². The van der Waals surface area contributed by atoms with E-state index in [1.165, 1.54) is 18.2 Å². The highest BCUT2D eigenvalue weighted by Crippen LogP contribution is 2.30. The third-order valence-corrected chi connectivity index (χ3v) is 3.35. The number of hydrogen-bond donors (Lipinski definition) is 3. The van der Waals surface area contributed by atoms with Crippen molar-refractivity contribution in [2.75, 3.05) is 5.32 Å². The molecule has 124 valence electrons. The lowest BCUT2D eigenvalue weighted by Crippen LogP contribution is -2.41. The molecule has 13 nitrogen and oxygen atoms in total. The summed E-state index contributed by atoms with van der Waals surface area (Å²) in [7, 11) is 0. The van der Waals surface area contributed by atoms with Gasteiger partial charge in [-0.2, -0.15) is 5.21 Å². The van der Waals surface area contributed by atoms with Crippen molar-refractivity contribution in [3.05, 3.63) is 34.5 Å². The lowest BCUT2D eigenvalue weighted by molar-refractivity contribution is -0.141. The molecule has 13 heteroatoms. The van der Waals surface area contributed by atoms with Gasteiger partial charge in [-0.05, 0) is 27.8 Å². The Morgan fingerprint density at radius 1 is 1.28 bits per heavy atom. The third-order valence-electron chi connectivity index (χ3n) is 3.35. The van der Waals surface area contributed by atoms with Gasteiger partial charge in [-0.3, -0.25) is 4.79 Å². The number of carbonyl (C=O) groups is 1. The van der Waals surface area contributed by atoms with Crippen LogP contribution in [0.4, 0.5) is 5.69 Å². The van der Waals surface area contributed by atoms with Crippen LogP contribution >= 0.6 is 0 Å². The van der Waals surface area contributed by atoms with Crippen LogP contribution in [0.25, 0.3) is 22.6 Å². The lowest BCUT2D eigenvalue weighted by atomic mass is 10.1. The Labute approximate surface area is 136 Å². The second kappa shape index (κ2) is 5.26. The maximum Gasteiger partial charge on any atom is 0.380 e. The van der Waals surface area contributed by atoms with Gasteiger partial charge >= 0.3 is 11.8 Å². The van der Waals surface area contributed by atoms with Crippen molar-refractivity contribution >= 4 is 22.6 Å². The second-order valence-corrected chi connectivity index (χ2v) is 4.87. The first-order valence-corrected chi connectivity index (χ1v) is 6.75. The highest BCUT2D eigenvalue weighted by molar-refractivity contribution is 5.92. The van der Waals surface area contributed by atoms with Crippen LogP contribution in [0.1, 0.15) is 0 Å². The van der Waals surface area contributed by atoms with Gasteiger partial charge in [0, 0.05) is 6.07 Å². The van der Waals surface area contributed by atoms with Crippen molar-refractivity contribution in [3.63, 3.8) is 0 Å². The average Bonchev–Trinajstić information content (AvgIpc) is 3.27. The van der Waals surface area contributed by atoms with Crippen LogP contribution in [0, 0.1) is 0 Å². The third kappa shape index (κ3) is 2.30. The van der Waals surface area contributed by atoms with Crippen LogP contribution < -0.4 is 10.7 Å². The minimum absolute atomic E-state index is 0.0551. The van der Waals surface area contributed by atoms with E-state index in [1.807, 2.05) is 0 Å². The summed E-state index contributed by atoms with van der Waals surface area (Å²) in [6.07, 6.45) is 0. The molecule has 25 heavy (non-hydrogen) atoms. The van der Waals surface area contributed by atoms with E-state index < -0.39 is 11.8 Å². The Bertz CT molecular complexity index is 1070. The van der Waals surface area contributed by atoms with Crippen LogP contribution in [0.5, 0.6) is 0 Å². The minimum Gasteiger partial charge on any atom is -0.476 e. The average molecular weight is 341 g/mol. The summed E-state index contributed by atoms with van der Waals surface area (Å²) in [4.78, 5) is 23.8. The molecule has 0 fully saturated rings. The fourth-order valence-electron chi connectivity index (χ4n) is 2.22. The summed E-state index contributed by atoms with van der Waals surface area (Å²) in [6.45, 7) is 0. The number of aromatic amines is 1. The van der Waals surface area contributed by atoms with E-state index in [9.17, 15) is 14.7 Å². The van der Waals surface area contributed by atoms with Crippen LogP contribution in [0.3, 0.4) is 0 Å². The van der Waals surface area contributed by atoms with Gasteiger partial charge in [0.2, 0.25) is 5.82 Å². The van der Waals surface area contributed by atoms with Gasteiger partial charge in [0.15, 0.2) is 16.8 Å². The number of H-pyrrole nitrogens is 1. The molecule has 3 heterocycles. The van der Waals surface area contributed by atoms with Crippen molar-refractivity contribution in [1.82, 2.24) is 20.6 Å². The van der Waals surface area contributed by atoms with E-state index >= 15 is 0 Å². The molecule has 0 aliphatic carbocycles. The molecule has 2 aromatic heterocycles. The summed E-state index contributed by atoms with van der Waals surface area (Å²) in [6, 6.07) is 5.78. The van der Waals surface area contributed by atoms with Crippen molar-refractivity contribution < 1.29 is 14.3 Å². The van der Waals surface area contributed by atoms with Crippen molar-refractivity contribution in [1.29, 1.82) is 0 Å². The highest BCUT2D eigenvalue weighted by atomic mass is 16.4. The molecule has 0 radical (unpaired) electrons. The number of hydrogen-bond acceptors (Lipinski definition) is 11. The number of nitrogens with zero attached hydrogens (tertiary/aromatic N) is 7. The molecular formula is C12H7N9O4. The summed E-state index contributed by atoms with van der Waals surface area (Å²) in [5.41, 5.74) is -0.140. The standard InChI is InChI=1S/C12H7N9O4/c22-7-4-8(10-14-18-19-15-10)25-9-5(7)2-1-3-6(9)13-12(11(23)24)16-20-21-17-12/h1-4,13H,(H,23,24)(H,14,15,18,19). The van der Waals surface area contributed by atoms with Crippen LogP contribution in [-0.2, 0) is 4.79 Å². The molecule has 3 aromatic rings. The zero-order chi connectivity index (χ0) is 17.4. The van der Waals surface area contributed by atoms with Crippen molar-refractivity contribution in [3.8, 4) is 11.6 Å². The molecule has 0 bridgehead atoms. The number of tetrazole rings is 1. The maximum atomic E-state index is 12.3. The predicted octanol–water partition coefficient (Wildman–Crippen LogP) is 0.956. The number of para-hydroxylation sites is 1. The van der Waals surface area contributed by atoms with Crippen molar-refractivity contribution in [2.24, 2.45) is 20.7 Å². The van der Waals surface area contributed by atoms with Crippen molar-refractivity contribution in [2.45, 2.75) is 5.79 Å². The van der Waals surface area contributed by atoms with Gasteiger partial charge < -0.3 is 14.8 Å². The fourth-order valence-corrected chi connectivity index (χ4v) is 2.22. The highest BCUT2D eigenvalue weighted by Gasteiger charge is 2.43.